The number of benzene rings is 1. The van der Waals surface area contributed by atoms with Crippen molar-refractivity contribution in [3.63, 3.8) is 0 Å². The third kappa shape index (κ3) is 3.61. The van der Waals surface area contributed by atoms with Gasteiger partial charge in [-0.25, -0.2) is 4.39 Å². The highest BCUT2D eigenvalue weighted by Gasteiger charge is 2.09. The molecule has 0 spiro atoms. The Labute approximate surface area is 119 Å². The molecule has 5 heteroatoms. The van der Waals surface area contributed by atoms with Crippen LogP contribution in [0.3, 0.4) is 0 Å². The lowest BCUT2D eigenvalue weighted by Crippen LogP contribution is -2.16. The van der Waals surface area contributed by atoms with E-state index in [-0.39, 0.29) is 12.3 Å². The Hall–Kier alpha value is -1.75. The number of amides is 1. The summed E-state index contributed by atoms with van der Waals surface area (Å²) in [6, 6.07) is 7.86. The summed E-state index contributed by atoms with van der Waals surface area (Å²) >= 11 is 3.26. The van der Waals surface area contributed by atoms with Gasteiger partial charge in [-0.1, -0.05) is 6.07 Å². The van der Waals surface area contributed by atoms with Crippen molar-refractivity contribution in [3.05, 3.63) is 58.1 Å². The van der Waals surface area contributed by atoms with Crippen molar-refractivity contribution in [1.29, 1.82) is 0 Å². The SMILES string of the molecule is Cc1cccnc1CC(=O)Nc1cc(F)ccc1Br. The first-order valence-corrected chi connectivity index (χ1v) is 6.51. The van der Waals surface area contributed by atoms with Crippen molar-refractivity contribution >= 4 is 27.5 Å². The maximum atomic E-state index is 13.1. The fraction of sp³-hybridized carbons (Fsp3) is 0.143. The van der Waals surface area contributed by atoms with E-state index in [9.17, 15) is 9.18 Å². The van der Waals surface area contributed by atoms with E-state index in [1.165, 1.54) is 12.1 Å². The van der Waals surface area contributed by atoms with Gasteiger partial charge >= 0.3 is 0 Å². The Morgan fingerprint density at radius 2 is 2.21 bits per heavy atom. The first-order valence-electron chi connectivity index (χ1n) is 5.71. The van der Waals surface area contributed by atoms with Crippen LogP contribution in [0.25, 0.3) is 0 Å². The van der Waals surface area contributed by atoms with Gasteiger partial charge in [0.2, 0.25) is 5.91 Å². The van der Waals surface area contributed by atoms with E-state index in [1.807, 2.05) is 19.1 Å². The number of nitrogens with zero attached hydrogens (tertiary/aromatic N) is 1. The van der Waals surface area contributed by atoms with Gasteiger partial charge in [-0.2, -0.15) is 0 Å². The van der Waals surface area contributed by atoms with Crippen LogP contribution < -0.4 is 5.32 Å². The van der Waals surface area contributed by atoms with E-state index >= 15 is 0 Å². The molecule has 0 bridgehead atoms. The lowest BCUT2D eigenvalue weighted by atomic mass is 10.1. The Morgan fingerprint density at radius 3 is 2.95 bits per heavy atom. The summed E-state index contributed by atoms with van der Waals surface area (Å²) in [5.74, 6) is -0.624. The van der Waals surface area contributed by atoms with Gasteiger partial charge in [-0.15, -0.1) is 0 Å². The largest absolute Gasteiger partial charge is 0.325 e. The van der Waals surface area contributed by atoms with Crippen LogP contribution >= 0.6 is 15.9 Å². The number of aromatic nitrogens is 1. The standard InChI is InChI=1S/C14H12BrFN2O/c1-9-3-2-6-17-12(9)8-14(19)18-13-7-10(16)4-5-11(13)15/h2-7H,8H2,1H3,(H,18,19). The molecule has 0 aliphatic heterocycles. The van der Waals surface area contributed by atoms with E-state index in [1.54, 1.807) is 12.3 Å². The zero-order chi connectivity index (χ0) is 13.8. The number of pyridine rings is 1. The number of hydrogen-bond donors (Lipinski definition) is 1. The molecule has 1 N–H and O–H groups in total. The lowest BCUT2D eigenvalue weighted by Gasteiger charge is -2.08. The number of halogens is 2. The molecule has 2 aromatic rings. The van der Waals surface area contributed by atoms with Gasteiger partial charge in [0.15, 0.2) is 0 Å². The first kappa shape index (κ1) is 13.7. The second-order valence-corrected chi connectivity index (χ2v) is 4.97. The molecule has 0 aliphatic carbocycles. The van der Waals surface area contributed by atoms with Crippen molar-refractivity contribution in [3.8, 4) is 0 Å². The minimum absolute atomic E-state index is 0.162. The second kappa shape index (κ2) is 5.93. The molecule has 1 heterocycles. The Balaban J connectivity index is 2.10. The van der Waals surface area contributed by atoms with Crippen LogP contribution in [-0.2, 0) is 11.2 Å². The van der Waals surface area contributed by atoms with Gasteiger partial charge in [0.25, 0.3) is 0 Å². The number of rotatable bonds is 3. The third-order valence-corrected chi connectivity index (χ3v) is 3.34. The highest BCUT2D eigenvalue weighted by atomic mass is 79.9. The predicted molar refractivity (Wildman–Crippen MR) is 75.4 cm³/mol. The summed E-state index contributed by atoms with van der Waals surface area (Å²) in [4.78, 5) is 16.1. The van der Waals surface area contributed by atoms with E-state index in [0.717, 1.165) is 5.56 Å². The first-order chi connectivity index (χ1) is 9.06. The molecule has 0 radical (unpaired) electrons. The number of carbonyl (C=O) groups excluding carboxylic acids is 1. The fourth-order valence-corrected chi connectivity index (χ4v) is 1.99. The Morgan fingerprint density at radius 1 is 1.42 bits per heavy atom. The van der Waals surface area contributed by atoms with Gasteiger partial charge < -0.3 is 5.32 Å². The maximum absolute atomic E-state index is 13.1. The predicted octanol–water partition coefficient (Wildman–Crippen LogP) is 3.47. The molecule has 0 fully saturated rings. The average Bonchev–Trinajstić information content (AvgIpc) is 2.37. The molecule has 1 aromatic carbocycles. The monoisotopic (exact) mass is 322 g/mol. The number of nitrogens with one attached hydrogen (secondary N) is 1. The van der Waals surface area contributed by atoms with E-state index in [4.69, 9.17) is 0 Å². The molecule has 1 aromatic heterocycles. The van der Waals surface area contributed by atoms with E-state index < -0.39 is 5.82 Å². The molecule has 98 valence electrons. The molecule has 19 heavy (non-hydrogen) atoms. The normalized spacial score (nSPS) is 10.3. The molecule has 0 saturated heterocycles. The van der Waals surface area contributed by atoms with Crippen molar-refractivity contribution in [1.82, 2.24) is 4.98 Å². The van der Waals surface area contributed by atoms with Crippen LogP contribution in [0.5, 0.6) is 0 Å². The lowest BCUT2D eigenvalue weighted by molar-refractivity contribution is -0.115. The molecular weight excluding hydrogens is 311 g/mol. The van der Waals surface area contributed by atoms with Crippen LogP contribution in [0.4, 0.5) is 10.1 Å². The molecular formula is C14H12BrFN2O. The van der Waals surface area contributed by atoms with Crippen LogP contribution in [0, 0.1) is 12.7 Å². The molecule has 0 atom stereocenters. The quantitative estimate of drug-likeness (QED) is 0.940. The zero-order valence-electron chi connectivity index (χ0n) is 10.3. The average molecular weight is 323 g/mol. The van der Waals surface area contributed by atoms with Crippen LogP contribution in [0.1, 0.15) is 11.3 Å². The van der Waals surface area contributed by atoms with Gasteiger partial charge in [-0.3, -0.25) is 9.78 Å². The van der Waals surface area contributed by atoms with Gasteiger partial charge in [0.05, 0.1) is 17.8 Å². The summed E-state index contributed by atoms with van der Waals surface area (Å²) in [5, 5.41) is 2.66. The number of aryl methyl sites for hydroxylation is 1. The highest BCUT2D eigenvalue weighted by molar-refractivity contribution is 9.10. The van der Waals surface area contributed by atoms with Crippen molar-refractivity contribution < 1.29 is 9.18 Å². The summed E-state index contributed by atoms with van der Waals surface area (Å²) in [6.07, 6.45) is 1.81. The smallest absolute Gasteiger partial charge is 0.230 e. The van der Waals surface area contributed by atoms with Crippen LogP contribution in [-0.4, -0.2) is 10.9 Å². The molecule has 0 aliphatic rings. The summed E-state index contributed by atoms with van der Waals surface area (Å²) in [5.41, 5.74) is 2.09. The maximum Gasteiger partial charge on any atom is 0.230 e. The number of carbonyl (C=O) groups is 1. The molecule has 3 nitrogen and oxygen atoms in total. The van der Waals surface area contributed by atoms with Crippen molar-refractivity contribution in [2.24, 2.45) is 0 Å². The fourth-order valence-electron chi connectivity index (χ4n) is 1.64. The minimum Gasteiger partial charge on any atom is -0.325 e. The van der Waals surface area contributed by atoms with E-state index in [2.05, 4.69) is 26.2 Å². The Bertz CT molecular complexity index is 616. The van der Waals surface area contributed by atoms with E-state index in [0.29, 0.717) is 15.9 Å². The number of hydrogen-bond acceptors (Lipinski definition) is 2. The van der Waals surface area contributed by atoms with Gasteiger partial charge in [-0.05, 0) is 52.7 Å². The zero-order valence-corrected chi connectivity index (χ0v) is 11.9. The van der Waals surface area contributed by atoms with Crippen LogP contribution in [0.2, 0.25) is 0 Å². The van der Waals surface area contributed by atoms with Crippen molar-refractivity contribution in [2.45, 2.75) is 13.3 Å². The van der Waals surface area contributed by atoms with Gasteiger partial charge in [0.1, 0.15) is 5.82 Å². The Kier molecular flexibility index (Phi) is 4.27. The van der Waals surface area contributed by atoms with Crippen LogP contribution in [0.15, 0.2) is 41.0 Å². The molecule has 0 unspecified atom stereocenters. The number of anilines is 1. The molecule has 2 rings (SSSR count). The van der Waals surface area contributed by atoms with Gasteiger partial charge in [0, 0.05) is 10.7 Å². The topological polar surface area (TPSA) is 42.0 Å². The summed E-state index contributed by atoms with van der Waals surface area (Å²) in [7, 11) is 0. The third-order valence-electron chi connectivity index (χ3n) is 2.65. The van der Waals surface area contributed by atoms with Crippen molar-refractivity contribution in [2.75, 3.05) is 5.32 Å². The second-order valence-electron chi connectivity index (χ2n) is 4.12. The molecule has 0 saturated carbocycles. The molecule has 1 amide bonds. The highest BCUT2D eigenvalue weighted by Crippen LogP contribution is 2.23. The minimum atomic E-state index is -0.396. The summed E-state index contributed by atoms with van der Waals surface area (Å²) in [6.45, 7) is 1.90. The summed E-state index contributed by atoms with van der Waals surface area (Å²) < 4.78 is 13.7.